The number of nitrogens with one attached hydrogen (secondary N) is 1. The van der Waals surface area contributed by atoms with Gasteiger partial charge in [-0.3, -0.25) is 9.69 Å². The third-order valence-corrected chi connectivity index (χ3v) is 7.03. The molecule has 0 bridgehead atoms. The molecule has 0 spiro atoms. The second kappa shape index (κ2) is 8.50. The van der Waals surface area contributed by atoms with E-state index in [4.69, 9.17) is 4.42 Å². The fourth-order valence-corrected chi connectivity index (χ4v) is 5.29. The van der Waals surface area contributed by atoms with Crippen molar-refractivity contribution in [1.29, 1.82) is 5.26 Å². The van der Waals surface area contributed by atoms with Gasteiger partial charge in [0, 0.05) is 23.2 Å². The molecule has 1 N–H and O–H groups in total. The molecule has 1 aliphatic heterocycles. The first-order valence-electron chi connectivity index (χ1n) is 10.3. The van der Waals surface area contributed by atoms with Crippen LogP contribution in [0.1, 0.15) is 52.4 Å². The van der Waals surface area contributed by atoms with Crippen LogP contribution in [0, 0.1) is 25.2 Å². The molecule has 0 saturated carbocycles. The van der Waals surface area contributed by atoms with E-state index in [0.717, 1.165) is 36.4 Å². The van der Waals surface area contributed by atoms with Crippen LogP contribution in [0.15, 0.2) is 34.3 Å². The number of hydrogen-bond donors (Lipinski definition) is 1. The van der Waals surface area contributed by atoms with E-state index in [-0.39, 0.29) is 11.9 Å². The van der Waals surface area contributed by atoms with Crippen molar-refractivity contribution in [3.05, 3.63) is 62.9 Å². The molecule has 30 heavy (non-hydrogen) atoms. The number of aromatic nitrogens is 1. The van der Waals surface area contributed by atoms with E-state index in [1.165, 1.54) is 10.4 Å². The molecule has 0 aliphatic carbocycles. The topological polar surface area (TPSA) is 74.2 Å². The molecule has 4 rings (SSSR count). The Kier molecular flexibility index (Phi) is 5.80. The Hall–Kier alpha value is -2.82. The summed E-state index contributed by atoms with van der Waals surface area (Å²) in [6.45, 7) is 7.69. The number of fused-ring (bicyclic) bond motifs is 1. The number of nitrogens with zero attached hydrogens (tertiary/aromatic N) is 3. The number of rotatable bonds is 6. The number of thiophene rings is 1. The average molecular weight is 423 g/mol. The van der Waals surface area contributed by atoms with Crippen LogP contribution in [-0.4, -0.2) is 28.5 Å². The van der Waals surface area contributed by atoms with Gasteiger partial charge in [0.25, 0.3) is 0 Å². The van der Waals surface area contributed by atoms with Crippen LogP contribution in [0.25, 0.3) is 0 Å². The SMILES string of the molecule is CCC1c2ccsc2CCN1CC(=O)Nc1c(C#N)c(C)c(C)n1Cc1ccco1. The van der Waals surface area contributed by atoms with Crippen molar-refractivity contribution < 1.29 is 9.21 Å². The van der Waals surface area contributed by atoms with E-state index in [1.54, 1.807) is 17.6 Å². The lowest BCUT2D eigenvalue weighted by Crippen LogP contribution is -2.40. The Bertz CT molecular complexity index is 1090. The predicted octanol–water partition coefficient (Wildman–Crippen LogP) is 4.63. The first-order chi connectivity index (χ1) is 14.5. The number of nitriles is 1. The van der Waals surface area contributed by atoms with Crippen LogP contribution in [0.4, 0.5) is 5.82 Å². The summed E-state index contributed by atoms with van der Waals surface area (Å²) in [5, 5.41) is 14.9. The molecule has 0 fully saturated rings. The summed E-state index contributed by atoms with van der Waals surface area (Å²) >= 11 is 1.81. The van der Waals surface area contributed by atoms with Gasteiger partial charge in [-0.25, -0.2) is 0 Å². The minimum absolute atomic E-state index is 0.0955. The van der Waals surface area contributed by atoms with Crippen LogP contribution >= 0.6 is 11.3 Å². The Morgan fingerprint density at radius 1 is 1.40 bits per heavy atom. The Morgan fingerprint density at radius 2 is 2.23 bits per heavy atom. The van der Waals surface area contributed by atoms with Gasteiger partial charge in [-0.2, -0.15) is 5.26 Å². The fourth-order valence-electron chi connectivity index (χ4n) is 4.36. The quantitative estimate of drug-likeness (QED) is 0.629. The predicted molar refractivity (Wildman–Crippen MR) is 118 cm³/mol. The highest BCUT2D eigenvalue weighted by Gasteiger charge is 2.29. The monoisotopic (exact) mass is 422 g/mol. The highest BCUT2D eigenvalue weighted by molar-refractivity contribution is 7.10. The molecular weight excluding hydrogens is 396 g/mol. The minimum atomic E-state index is -0.0955. The van der Waals surface area contributed by atoms with Crippen LogP contribution in [-0.2, 0) is 17.8 Å². The second-order valence-electron chi connectivity index (χ2n) is 7.70. The van der Waals surface area contributed by atoms with Crippen molar-refractivity contribution in [3.63, 3.8) is 0 Å². The van der Waals surface area contributed by atoms with Crippen LogP contribution in [0.3, 0.4) is 0 Å². The maximum atomic E-state index is 13.0. The molecule has 3 aromatic rings. The van der Waals surface area contributed by atoms with Crippen LogP contribution in [0.2, 0.25) is 0 Å². The molecule has 4 heterocycles. The lowest BCUT2D eigenvalue weighted by atomic mass is 9.98. The molecule has 6 nitrogen and oxygen atoms in total. The van der Waals surface area contributed by atoms with E-state index in [2.05, 4.69) is 34.7 Å². The molecule has 3 aromatic heterocycles. The standard InChI is InChI=1S/C23H26N4O2S/c1-4-20-18-8-11-30-21(18)7-9-26(20)14-22(28)25-23-19(12-24)15(2)16(3)27(23)13-17-6-5-10-29-17/h5-6,8,10-11,20H,4,7,9,13-14H2,1-3H3,(H,25,28). The third kappa shape index (κ3) is 3.69. The molecule has 156 valence electrons. The van der Waals surface area contributed by atoms with Crippen molar-refractivity contribution in [2.24, 2.45) is 0 Å². The minimum Gasteiger partial charge on any atom is -0.467 e. The molecule has 0 saturated heterocycles. The summed E-state index contributed by atoms with van der Waals surface area (Å²) < 4.78 is 7.44. The van der Waals surface area contributed by atoms with Gasteiger partial charge in [0.15, 0.2) is 0 Å². The van der Waals surface area contributed by atoms with Gasteiger partial charge >= 0.3 is 0 Å². The summed E-state index contributed by atoms with van der Waals surface area (Å²) in [5.74, 6) is 1.23. The zero-order valence-electron chi connectivity index (χ0n) is 17.6. The summed E-state index contributed by atoms with van der Waals surface area (Å²) in [6.07, 6.45) is 3.57. The van der Waals surface area contributed by atoms with Gasteiger partial charge in [-0.15, -0.1) is 11.3 Å². The van der Waals surface area contributed by atoms with Crippen LogP contribution in [0.5, 0.6) is 0 Å². The Labute approximate surface area is 180 Å². The highest BCUT2D eigenvalue weighted by atomic mass is 32.1. The summed E-state index contributed by atoms with van der Waals surface area (Å²) in [5.41, 5.74) is 3.70. The first kappa shape index (κ1) is 20.5. The van der Waals surface area contributed by atoms with E-state index in [1.807, 2.05) is 30.5 Å². The van der Waals surface area contributed by atoms with Crippen molar-refractivity contribution in [2.75, 3.05) is 18.4 Å². The van der Waals surface area contributed by atoms with Crippen molar-refractivity contribution in [1.82, 2.24) is 9.47 Å². The summed E-state index contributed by atoms with van der Waals surface area (Å²) in [4.78, 5) is 16.7. The van der Waals surface area contributed by atoms with Crippen molar-refractivity contribution in [3.8, 4) is 6.07 Å². The van der Waals surface area contributed by atoms with Gasteiger partial charge in [-0.05, 0) is 61.4 Å². The van der Waals surface area contributed by atoms with Crippen molar-refractivity contribution >= 4 is 23.1 Å². The highest BCUT2D eigenvalue weighted by Crippen LogP contribution is 2.35. The molecule has 0 aromatic carbocycles. The summed E-state index contributed by atoms with van der Waals surface area (Å²) in [6, 6.07) is 8.45. The zero-order valence-corrected chi connectivity index (χ0v) is 18.4. The number of hydrogen-bond acceptors (Lipinski definition) is 5. The molecule has 7 heteroatoms. The number of carbonyl (C=O) groups is 1. The average Bonchev–Trinajstić information content (AvgIpc) is 3.46. The molecule has 1 atom stereocenters. The van der Waals surface area contributed by atoms with E-state index < -0.39 is 0 Å². The lowest BCUT2D eigenvalue weighted by molar-refractivity contribution is -0.118. The number of anilines is 1. The zero-order chi connectivity index (χ0) is 21.3. The Morgan fingerprint density at radius 3 is 2.93 bits per heavy atom. The van der Waals surface area contributed by atoms with Crippen molar-refractivity contribution in [2.45, 2.75) is 46.2 Å². The third-order valence-electron chi connectivity index (χ3n) is 6.03. The molecule has 0 radical (unpaired) electrons. The summed E-state index contributed by atoms with van der Waals surface area (Å²) in [7, 11) is 0. The second-order valence-corrected chi connectivity index (χ2v) is 8.70. The first-order valence-corrected chi connectivity index (χ1v) is 11.1. The normalized spacial score (nSPS) is 16.3. The van der Waals surface area contributed by atoms with Crippen LogP contribution < -0.4 is 5.32 Å². The van der Waals surface area contributed by atoms with Gasteiger partial charge in [0.2, 0.25) is 5.91 Å². The van der Waals surface area contributed by atoms with E-state index in [9.17, 15) is 10.1 Å². The van der Waals surface area contributed by atoms with Gasteiger partial charge in [-0.1, -0.05) is 6.92 Å². The fraction of sp³-hybridized carbons (Fsp3) is 0.391. The number of amides is 1. The molecular formula is C23H26N4O2S. The maximum Gasteiger partial charge on any atom is 0.239 e. The van der Waals surface area contributed by atoms with E-state index >= 15 is 0 Å². The Balaban J connectivity index is 1.56. The largest absolute Gasteiger partial charge is 0.467 e. The number of carbonyl (C=O) groups excluding carboxylic acids is 1. The van der Waals surface area contributed by atoms with Gasteiger partial charge < -0.3 is 14.3 Å². The molecule has 1 amide bonds. The lowest BCUT2D eigenvalue weighted by Gasteiger charge is -2.34. The molecule has 1 unspecified atom stereocenters. The maximum absolute atomic E-state index is 13.0. The molecule has 1 aliphatic rings. The van der Waals surface area contributed by atoms with Gasteiger partial charge in [0.1, 0.15) is 17.6 Å². The smallest absolute Gasteiger partial charge is 0.239 e. The number of furan rings is 1. The van der Waals surface area contributed by atoms with Gasteiger partial charge in [0.05, 0.1) is 24.9 Å². The van der Waals surface area contributed by atoms with E-state index in [0.29, 0.717) is 24.5 Å².